The standard InChI is InChI=1S/C16H15N3O3S/c1-11-5-4-6-12(9-11)17-16(20)10-15-18-13-7-2-3-8-14(13)23(21,22)19-15/h2-9H,10H2,1H3,(H,17,20)(H,18,19). The zero-order valence-corrected chi connectivity index (χ0v) is 13.2. The average molecular weight is 329 g/mol. The van der Waals surface area contributed by atoms with Gasteiger partial charge >= 0.3 is 0 Å². The van der Waals surface area contributed by atoms with E-state index in [0.717, 1.165) is 5.56 Å². The number of para-hydroxylation sites is 1. The van der Waals surface area contributed by atoms with Crippen LogP contribution in [-0.2, 0) is 14.8 Å². The molecule has 3 rings (SSSR count). The van der Waals surface area contributed by atoms with Crippen molar-refractivity contribution in [2.75, 3.05) is 10.6 Å². The second kappa shape index (κ2) is 5.85. The third-order valence-electron chi connectivity index (χ3n) is 3.30. The molecule has 2 aromatic rings. The largest absolute Gasteiger partial charge is 0.341 e. The third kappa shape index (κ3) is 3.40. The molecule has 0 atom stereocenters. The van der Waals surface area contributed by atoms with Crippen LogP contribution in [0.2, 0.25) is 0 Å². The lowest BCUT2D eigenvalue weighted by Gasteiger charge is -2.17. The van der Waals surface area contributed by atoms with Crippen LogP contribution in [0.25, 0.3) is 0 Å². The minimum Gasteiger partial charge on any atom is -0.341 e. The molecule has 0 spiro atoms. The van der Waals surface area contributed by atoms with Crippen molar-refractivity contribution in [1.82, 2.24) is 0 Å². The maximum absolute atomic E-state index is 12.1. The van der Waals surface area contributed by atoms with Crippen molar-refractivity contribution in [3.8, 4) is 0 Å². The molecule has 0 unspecified atom stereocenters. The summed E-state index contributed by atoms with van der Waals surface area (Å²) in [4.78, 5) is 12.2. The van der Waals surface area contributed by atoms with Gasteiger partial charge < -0.3 is 10.6 Å². The summed E-state index contributed by atoms with van der Waals surface area (Å²) in [7, 11) is -3.77. The predicted molar refractivity (Wildman–Crippen MR) is 89.1 cm³/mol. The summed E-state index contributed by atoms with van der Waals surface area (Å²) in [6.07, 6.45) is -0.151. The second-order valence-corrected chi connectivity index (χ2v) is 6.80. The number of amidine groups is 1. The summed E-state index contributed by atoms with van der Waals surface area (Å²) < 4.78 is 27.9. The highest BCUT2D eigenvalue weighted by molar-refractivity contribution is 7.90. The van der Waals surface area contributed by atoms with E-state index in [0.29, 0.717) is 11.4 Å². The monoisotopic (exact) mass is 329 g/mol. The average Bonchev–Trinajstić information content (AvgIpc) is 2.46. The molecule has 2 aromatic carbocycles. The fourth-order valence-corrected chi connectivity index (χ4v) is 3.47. The normalized spacial score (nSPS) is 15.1. The lowest BCUT2D eigenvalue weighted by Crippen LogP contribution is -2.26. The summed E-state index contributed by atoms with van der Waals surface area (Å²) >= 11 is 0. The molecule has 1 amide bonds. The number of sulfonamides is 1. The van der Waals surface area contributed by atoms with Gasteiger partial charge in [-0.15, -0.1) is 4.40 Å². The van der Waals surface area contributed by atoms with Gasteiger partial charge in [-0.2, -0.15) is 8.42 Å². The Kier molecular flexibility index (Phi) is 3.87. The number of carbonyl (C=O) groups is 1. The number of benzene rings is 2. The summed E-state index contributed by atoms with van der Waals surface area (Å²) in [6, 6.07) is 13.8. The minimum atomic E-state index is -3.77. The quantitative estimate of drug-likeness (QED) is 0.906. The Morgan fingerprint density at radius 3 is 2.74 bits per heavy atom. The molecule has 0 bridgehead atoms. The van der Waals surface area contributed by atoms with Crippen LogP contribution in [0.1, 0.15) is 12.0 Å². The number of hydrogen-bond acceptors (Lipinski definition) is 4. The van der Waals surface area contributed by atoms with Crippen molar-refractivity contribution in [2.45, 2.75) is 18.2 Å². The number of hydrogen-bond donors (Lipinski definition) is 2. The Bertz CT molecular complexity index is 904. The van der Waals surface area contributed by atoms with Gasteiger partial charge in [0, 0.05) is 5.69 Å². The van der Waals surface area contributed by atoms with Crippen LogP contribution in [0.3, 0.4) is 0 Å². The van der Waals surface area contributed by atoms with Crippen LogP contribution < -0.4 is 10.6 Å². The van der Waals surface area contributed by atoms with Gasteiger partial charge in [0.2, 0.25) is 5.91 Å². The maximum atomic E-state index is 12.1. The van der Waals surface area contributed by atoms with Crippen molar-refractivity contribution in [3.05, 3.63) is 54.1 Å². The molecule has 7 heteroatoms. The number of nitrogens with zero attached hydrogens (tertiary/aromatic N) is 1. The van der Waals surface area contributed by atoms with Crippen molar-refractivity contribution in [3.63, 3.8) is 0 Å². The van der Waals surface area contributed by atoms with Crippen molar-refractivity contribution < 1.29 is 13.2 Å². The van der Waals surface area contributed by atoms with Crippen LogP contribution >= 0.6 is 0 Å². The highest BCUT2D eigenvalue weighted by Gasteiger charge is 2.25. The Balaban J connectivity index is 1.76. The Hall–Kier alpha value is -2.67. The fourth-order valence-electron chi connectivity index (χ4n) is 2.32. The molecule has 0 aliphatic carbocycles. The van der Waals surface area contributed by atoms with Crippen LogP contribution in [0.4, 0.5) is 11.4 Å². The number of anilines is 2. The number of fused-ring (bicyclic) bond motifs is 1. The van der Waals surface area contributed by atoms with Gasteiger partial charge in [-0.05, 0) is 36.8 Å². The van der Waals surface area contributed by atoms with E-state index in [1.807, 2.05) is 25.1 Å². The van der Waals surface area contributed by atoms with E-state index in [-0.39, 0.29) is 23.1 Å². The first kappa shape index (κ1) is 15.2. The third-order valence-corrected chi connectivity index (χ3v) is 4.68. The highest BCUT2D eigenvalue weighted by atomic mass is 32.2. The molecule has 1 aliphatic heterocycles. The van der Waals surface area contributed by atoms with Gasteiger partial charge in [0.1, 0.15) is 10.7 Å². The lowest BCUT2D eigenvalue weighted by atomic mass is 10.2. The zero-order valence-electron chi connectivity index (χ0n) is 12.4. The number of rotatable bonds is 3. The molecule has 0 saturated heterocycles. The van der Waals surface area contributed by atoms with Gasteiger partial charge in [0.25, 0.3) is 10.0 Å². The van der Waals surface area contributed by atoms with Crippen LogP contribution in [0, 0.1) is 6.92 Å². The van der Waals surface area contributed by atoms with E-state index >= 15 is 0 Å². The zero-order chi connectivity index (χ0) is 16.4. The van der Waals surface area contributed by atoms with E-state index in [1.165, 1.54) is 6.07 Å². The molecule has 6 nitrogen and oxygen atoms in total. The lowest BCUT2D eigenvalue weighted by molar-refractivity contribution is -0.115. The molecule has 0 saturated carbocycles. The molecular formula is C16H15N3O3S. The van der Waals surface area contributed by atoms with E-state index in [2.05, 4.69) is 15.0 Å². The van der Waals surface area contributed by atoms with Gasteiger partial charge in [0.15, 0.2) is 0 Å². The van der Waals surface area contributed by atoms with Crippen molar-refractivity contribution in [1.29, 1.82) is 0 Å². The first-order valence-electron chi connectivity index (χ1n) is 7.00. The number of aryl methyl sites for hydroxylation is 1. The van der Waals surface area contributed by atoms with E-state index < -0.39 is 10.0 Å². The van der Waals surface area contributed by atoms with Gasteiger partial charge in [0.05, 0.1) is 12.1 Å². The molecule has 23 heavy (non-hydrogen) atoms. The molecule has 0 aromatic heterocycles. The van der Waals surface area contributed by atoms with E-state index in [1.54, 1.807) is 24.3 Å². The van der Waals surface area contributed by atoms with Crippen LogP contribution in [-0.4, -0.2) is 20.2 Å². The summed E-state index contributed by atoms with van der Waals surface area (Å²) in [5.41, 5.74) is 2.11. The molecule has 1 heterocycles. The molecule has 0 radical (unpaired) electrons. The molecular weight excluding hydrogens is 314 g/mol. The fraction of sp³-hybridized carbons (Fsp3) is 0.125. The Labute approximate surface area is 134 Å². The number of amides is 1. The Morgan fingerprint density at radius 1 is 1.17 bits per heavy atom. The first-order valence-corrected chi connectivity index (χ1v) is 8.44. The first-order chi connectivity index (χ1) is 10.9. The minimum absolute atomic E-state index is 0.105. The summed E-state index contributed by atoms with van der Waals surface area (Å²) in [5.74, 6) is -0.231. The van der Waals surface area contributed by atoms with E-state index in [9.17, 15) is 13.2 Å². The highest BCUT2D eigenvalue weighted by Crippen LogP contribution is 2.27. The SMILES string of the molecule is Cc1cccc(NC(=O)CC2=NS(=O)(=O)c3ccccc3N2)c1. The number of carbonyl (C=O) groups excluding carboxylic acids is 1. The van der Waals surface area contributed by atoms with Crippen molar-refractivity contribution >= 4 is 33.1 Å². The van der Waals surface area contributed by atoms with Gasteiger partial charge in [-0.25, -0.2) is 0 Å². The summed E-state index contributed by atoms with van der Waals surface area (Å²) in [5, 5.41) is 5.62. The van der Waals surface area contributed by atoms with Crippen molar-refractivity contribution in [2.24, 2.45) is 4.40 Å². The topological polar surface area (TPSA) is 87.6 Å². The molecule has 118 valence electrons. The molecule has 0 fully saturated rings. The summed E-state index contributed by atoms with van der Waals surface area (Å²) in [6.45, 7) is 1.92. The van der Waals surface area contributed by atoms with Crippen LogP contribution in [0.5, 0.6) is 0 Å². The maximum Gasteiger partial charge on any atom is 0.286 e. The number of nitrogens with one attached hydrogen (secondary N) is 2. The smallest absolute Gasteiger partial charge is 0.286 e. The molecule has 2 N–H and O–H groups in total. The predicted octanol–water partition coefficient (Wildman–Crippen LogP) is 2.54. The Morgan fingerprint density at radius 2 is 1.96 bits per heavy atom. The second-order valence-electron chi connectivity index (χ2n) is 5.23. The van der Waals surface area contributed by atoms with Gasteiger partial charge in [-0.1, -0.05) is 24.3 Å². The molecule has 1 aliphatic rings. The van der Waals surface area contributed by atoms with Gasteiger partial charge in [-0.3, -0.25) is 4.79 Å². The van der Waals surface area contributed by atoms with Crippen LogP contribution in [0.15, 0.2) is 57.8 Å². The van der Waals surface area contributed by atoms with E-state index in [4.69, 9.17) is 0 Å².